The molecule has 0 spiro atoms. The standard InChI is InChI=1S/C18H16F2N4O/c19-15-6-3-7-16(17(15)20)23-18(25)22-10-13-4-1-2-5-14(13)11-24-9-8-21-12-24/h1-9,12H,10-11H2,(H2,22,23,25). The van der Waals surface area contributed by atoms with Gasteiger partial charge in [0, 0.05) is 25.5 Å². The Hall–Kier alpha value is -3.22. The van der Waals surface area contributed by atoms with Crippen LogP contribution in [0.4, 0.5) is 19.3 Å². The fourth-order valence-electron chi connectivity index (χ4n) is 2.40. The summed E-state index contributed by atoms with van der Waals surface area (Å²) < 4.78 is 28.7. The maximum absolute atomic E-state index is 13.6. The van der Waals surface area contributed by atoms with Gasteiger partial charge >= 0.3 is 6.03 Å². The summed E-state index contributed by atoms with van der Waals surface area (Å²) in [6.45, 7) is 0.881. The van der Waals surface area contributed by atoms with E-state index in [4.69, 9.17) is 0 Å². The van der Waals surface area contributed by atoms with E-state index in [0.29, 0.717) is 6.54 Å². The van der Waals surface area contributed by atoms with E-state index in [1.54, 1.807) is 12.5 Å². The molecule has 0 saturated heterocycles. The van der Waals surface area contributed by atoms with Crippen molar-refractivity contribution < 1.29 is 13.6 Å². The van der Waals surface area contributed by atoms with E-state index in [-0.39, 0.29) is 12.2 Å². The molecule has 0 bridgehead atoms. The molecule has 0 aliphatic carbocycles. The fraction of sp³-hybridized carbons (Fsp3) is 0.111. The number of amides is 2. The van der Waals surface area contributed by atoms with Gasteiger partial charge in [0.25, 0.3) is 0 Å². The molecule has 1 aromatic heterocycles. The second kappa shape index (κ2) is 7.57. The van der Waals surface area contributed by atoms with Crippen molar-refractivity contribution in [1.82, 2.24) is 14.9 Å². The van der Waals surface area contributed by atoms with E-state index < -0.39 is 17.7 Å². The zero-order valence-corrected chi connectivity index (χ0v) is 13.2. The molecule has 5 nitrogen and oxygen atoms in total. The van der Waals surface area contributed by atoms with Gasteiger partial charge in [0.15, 0.2) is 11.6 Å². The Morgan fingerprint density at radius 2 is 1.88 bits per heavy atom. The van der Waals surface area contributed by atoms with Crippen LogP contribution >= 0.6 is 0 Å². The summed E-state index contributed by atoms with van der Waals surface area (Å²) in [5.41, 5.74) is 1.74. The Bertz CT molecular complexity index is 865. The van der Waals surface area contributed by atoms with Crippen LogP contribution in [0.15, 0.2) is 61.2 Å². The third kappa shape index (κ3) is 4.20. The SMILES string of the molecule is O=C(NCc1ccccc1Cn1ccnc1)Nc1cccc(F)c1F. The third-order valence-electron chi connectivity index (χ3n) is 3.67. The molecule has 1 heterocycles. The van der Waals surface area contributed by atoms with E-state index in [9.17, 15) is 13.6 Å². The van der Waals surface area contributed by atoms with E-state index in [0.717, 1.165) is 17.2 Å². The van der Waals surface area contributed by atoms with Gasteiger partial charge in [-0.1, -0.05) is 30.3 Å². The largest absolute Gasteiger partial charge is 0.334 e. The maximum atomic E-state index is 13.6. The first-order valence-electron chi connectivity index (χ1n) is 7.65. The number of rotatable bonds is 5. The molecule has 0 aliphatic heterocycles. The van der Waals surface area contributed by atoms with Crippen molar-refractivity contribution in [2.45, 2.75) is 13.1 Å². The van der Waals surface area contributed by atoms with Crippen LogP contribution in [0.2, 0.25) is 0 Å². The summed E-state index contributed by atoms with van der Waals surface area (Å²) >= 11 is 0. The molecule has 0 radical (unpaired) electrons. The lowest BCUT2D eigenvalue weighted by Gasteiger charge is -2.12. The van der Waals surface area contributed by atoms with Crippen LogP contribution in [-0.2, 0) is 13.1 Å². The van der Waals surface area contributed by atoms with Crippen LogP contribution in [0.1, 0.15) is 11.1 Å². The lowest BCUT2D eigenvalue weighted by Crippen LogP contribution is -2.29. The molecule has 2 N–H and O–H groups in total. The number of carbonyl (C=O) groups excluding carboxylic acids is 1. The van der Waals surface area contributed by atoms with Gasteiger partial charge in [-0.05, 0) is 23.3 Å². The van der Waals surface area contributed by atoms with E-state index in [1.807, 2.05) is 35.0 Å². The Morgan fingerprint density at radius 1 is 1.08 bits per heavy atom. The molecule has 128 valence electrons. The summed E-state index contributed by atoms with van der Waals surface area (Å²) in [7, 11) is 0. The number of imidazole rings is 1. The number of anilines is 1. The van der Waals surface area contributed by atoms with Crippen LogP contribution in [0.3, 0.4) is 0 Å². The quantitative estimate of drug-likeness (QED) is 0.745. The molecule has 25 heavy (non-hydrogen) atoms. The van der Waals surface area contributed by atoms with Crippen LogP contribution in [0.25, 0.3) is 0 Å². The molecule has 3 aromatic rings. The molecule has 2 aromatic carbocycles. The van der Waals surface area contributed by atoms with Crippen molar-refractivity contribution in [3.8, 4) is 0 Å². The van der Waals surface area contributed by atoms with Gasteiger partial charge in [-0.3, -0.25) is 0 Å². The van der Waals surface area contributed by atoms with Crippen LogP contribution < -0.4 is 10.6 Å². The van der Waals surface area contributed by atoms with Crippen LogP contribution in [-0.4, -0.2) is 15.6 Å². The molecule has 7 heteroatoms. The summed E-state index contributed by atoms with van der Waals surface area (Å²) in [4.78, 5) is 16.0. The second-order valence-corrected chi connectivity index (χ2v) is 5.41. The number of aromatic nitrogens is 2. The molecule has 3 rings (SSSR count). The molecular weight excluding hydrogens is 326 g/mol. The summed E-state index contributed by atoms with van der Waals surface area (Å²) in [5.74, 6) is -2.10. The number of nitrogens with one attached hydrogen (secondary N) is 2. The molecule has 0 unspecified atom stereocenters. The molecule has 0 aliphatic rings. The molecular formula is C18H16F2N4O. The fourth-order valence-corrected chi connectivity index (χ4v) is 2.40. The Morgan fingerprint density at radius 3 is 2.64 bits per heavy atom. The molecule has 0 fully saturated rings. The van der Waals surface area contributed by atoms with Crippen molar-refractivity contribution in [3.63, 3.8) is 0 Å². The number of urea groups is 1. The zero-order valence-electron chi connectivity index (χ0n) is 13.2. The minimum Gasteiger partial charge on any atom is -0.334 e. The smallest absolute Gasteiger partial charge is 0.319 e. The van der Waals surface area contributed by atoms with Gasteiger partial charge in [0.05, 0.1) is 12.0 Å². The molecule has 0 atom stereocenters. The van der Waals surface area contributed by atoms with Crippen molar-refractivity contribution in [3.05, 3.63) is 83.9 Å². The number of carbonyl (C=O) groups is 1. The summed E-state index contributed by atoms with van der Waals surface area (Å²) in [6, 6.07) is 10.7. The number of halogens is 2. The Labute approximate surface area is 143 Å². The van der Waals surface area contributed by atoms with Crippen molar-refractivity contribution in [2.75, 3.05) is 5.32 Å². The highest BCUT2D eigenvalue weighted by Gasteiger charge is 2.11. The summed E-state index contributed by atoms with van der Waals surface area (Å²) in [6.07, 6.45) is 5.26. The summed E-state index contributed by atoms with van der Waals surface area (Å²) in [5, 5.41) is 4.96. The third-order valence-corrected chi connectivity index (χ3v) is 3.67. The number of hydrogen-bond donors (Lipinski definition) is 2. The Balaban J connectivity index is 1.63. The predicted octanol–water partition coefficient (Wildman–Crippen LogP) is 3.53. The Kier molecular flexibility index (Phi) is 5.03. The second-order valence-electron chi connectivity index (χ2n) is 5.41. The van der Waals surface area contributed by atoms with Gasteiger partial charge in [0.2, 0.25) is 0 Å². The van der Waals surface area contributed by atoms with E-state index in [1.165, 1.54) is 12.1 Å². The van der Waals surface area contributed by atoms with Crippen molar-refractivity contribution in [2.24, 2.45) is 0 Å². The molecule has 0 saturated carbocycles. The topological polar surface area (TPSA) is 59.0 Å². The van der Waals surface area contributed by atoms with Crippen molar-refractivity contribution >= 4 is 11.7 Å². The van der Waals surface area contributed by atoms with E-state index >= 15 is 0 Å². The van der Waals surface area contributed by atoms with Crippen LogP contribution in [0, 0.1) is 11.6 Å². The first-order chi connectivity index (χ1) is 12.1. The van der Waals surface area contributed by atoms with Crippen LogP contribution in [0.5, 0.6) is 0 Å². The van der Waals surface area contributed by atoms with Crippen molar-refractivity contribution in [1.29, 1.82) is 0 Å². The number of benzene rings is 2. The number of nitrogens with zero attached hydrogens (tertiary/aromatic N) is 2. The van der Waals surface area contributed by atoms with Gasteiger partial charge in [-0.15, -0.1) is 0 Å². The molecule has 2 amide bonds. The first-order valence-corrected chi connectivity index (χ1v) is 7.65. The van der Waals surface area contributed by atoms with Gasteiger partial charge in [-0.2, -0.15) is 0 Å². The monoisotopic (exact) mass is 342 g/mol. The highest BCUT2D eigenvalue weighted by Crippen LogP contribution is 2.16. The average molecular weight is 342 g/mol. The minimum atomic E-state index is -1.09. The van der Waals surface area contributed by atoms with E-state index in [2.05, 4.69) is 15.6 Å². The lowest BCUT2D eigenvalue weighted by atomic mass is 10.1. The zero-order chi connectivity index (χ0) is 17.6. The van der Waals surface area contributed by atoms with Gasteiger partial charge in [0.1, 0.15) is 0 Å². The highest BCUT2D eigenvalue weighted by atomic mass is 19.2. The average Bonchev–Trinajstić information content (AvgIpc) is 3.11. The number of hydrogen-bond acceptors (Lipinski definition) is 2. The highest BCUT2D eigenvalue weighted by molar-refractivity contribution is 5.89. The predicted molar refractivity (Wildman–Crippen MR) is 90.0 cm³/mol. The van der Waals surface area contributed by atoms with Gasteiger partial charge in [-0.25, -0.2) is 18.6 Å². The van der Waals surface area contributed by atoms with Gasteiger partial charge < -0.3 is 15.2 Å². The maximum Gasteiger partial charge on any atom is 0.319 e. The first kappa shape index (κ1) is 16.6. The normalized spacial score (nSPS) is 10.5. The minimum absolute atomic E-state index is 0.204. The lowest BCUT2D eigenvalue weighted by molar-refractivity contribution is 0.251.